The van der Waals surface area contributed by atoms with Gasteiger partial charge in [0.1, 0.15) is 0 Å². The van der Waals surface area contributed by atoms with Gasteiger partial charge in [-0.05, 0) is 46.8 Å². The molecule has 0 fully saturated rings. The molecular formula is C12H23N3S. The SMILES string of the molecule is CC(C)N(C)CCCCNCc1cscn1. The third-order valence-corrected chi connectivity index (χ3v) is 3.42. The Balaban J connectivity index is 1.92. The first-order valence-corrected chi connectivity index (χ1v) is 6.92. The maximum Gasteiger partial charge on any atom is 0.0795 e. The van der Waals surface area contributed by atoms with Gasteiger partial charge >= 0.3 is 0 Å². The first-order valence-electron chi connectivity index (χ1n) is 5.98. The van der Waals surface area contributed by atoms with Crippen molar-refractivity contribution < 1.29 is 0 Å². The molecule has 1 N–H and O–H groups in total. The fourth-order valence-corrected chi connectivity index (χ4v) is 1.97. The summed E-state index contributed by atoms with van der Waals surface area (Å²) in [6.07, 6.45) is 2.50. The van der Waals surface area contributed by atoms with Crippen LogP contribution in [-0.2, 0) is 6.54 Å². The summed E-state index contributed by atoms with van der Waals surface area (Å²) in [7, 11) is 2.19. The summed E-state index contributed by atoms with van der Waals surface area (Å²) >= 11 is 1.66. The lowest BCUT2D eigenvalue weighted by molar-refractivity contribution is 0.268. The highest BCUT2D eigenvalue weighted by atomic mass is 32.1. The average Bonchev–Trinajstić information content (AvgIpc) is 2.75. The van der Waals surface area contributed by atoms with Crippen LogP contribution in [0.5, 0.6) is 0 Å². The Bertz CT molecular complexity index is 259. The Hall–Kier alpha value is -0.450. The van der Waals surface area contributed by atoms with Crippen molar-refractivity contribution in [2.24, 2.45) is 0 Å². The largest absolute Gasteiger partial charge is 0.311 e. The van der Waals surface area contributed by atoms with Gasteiger partial charge in [0.25, 0.3) is 0 Å². The Morgan fingerprint density at radius 1 is 1.44 bits per heavy atom. The lowest BCUT2D eigenvalue weighted by Gasteiger charge is -2.20. The highest BCUT2D eigenvalue weighted by Gasteiger charge is 2.01. The minimum atomic E-state index is 0.656. The fourth-order valence-electron chi connectivity index (χ4n) is 1.41. The number of nitrogens with zero attached hydrogens (tertiary/aromatic N) is 2. The average molecular weight is 241 g/mol. The summed E-state index contributed by atoms with van der Waals surface area (Å²) < 4.78 is 0. The predicted molar refractivity (Wildman–Crippen MR) is 70.8 cm³/mol. The highest BCUT2D eigenvalue weighted by molar-refractivity contribution is 7.07. The molecule has 0 aliphatic heterocycles. The minimum Gasteiger partial charge on any atom is -0.311 e. The summed E-state index contributed by atoms with van der Waals surface area (Å²) in [5, 5.41) is 5.51. The van der Waals surface area contributed by atoms with Crippen LogP contribution in [-0.4, -0.2) is 36.1 Å². The molecule has 0 radical (unpaired) electrons. The van der Waals surface area contributed by atoms with Gasteiger partial charge in [0.05, 0.1) is 11.2 Å². The van der Waals surface area contributed by atoms with Crippen molar-refractivity contribution in [2.45, 2.75) is 39.3 Å². The van der Waals surface area contributed by atoms with Crippen LogP contribution in [0.2, 0.25) is 0 Å². The molecule has 0 atom stereocenters. The van der Waals surface area contributed by atoms with E-state index in [1.807, 2.05) is 5.51 Å². The molecule has 0 amide bonds. The molecule has 1 aromatic heterocycles. The molecule has 1 rings (SSSR count). The number of nitrogens with one attached hydrogen (secondary N) is 1. The van der Waals surface area contributed by atoms with E-state index in [-0.39, 0.29) is 0 Å². The van der Waals surface area contributed by atoms with Crippen LogP contribution < -0.4 is 5.32 Å². The second-order valence-corrected chi connectivity index (χ2v) is 5.16. The van der Waals surface area contributed by atoms with E-state index in [1.54, 1.807) is 11.3 Å². The molecule has 0 aromatic carbocycles. The van der Waals surface area contributed by atoms with Crippen molar-refractivity contribution in [1.29, 1.82) is 0 Å². The molecule has 4 heteroatoms. The summed E-state index contributed by atoms with van der Waals surface area (Å²) in [5.74, 6) is 0. The normalized spacial score (nSPS) is 11.6. The standard InChI is InChI=1S/C12H23N3S/c1-11(2)15(3)7-5-4-6-13-8-12-9-16-10-14-12/h9-11,13H,4-8H2,1-3H3. The van der Waals surface area contributed by atoms with Gasteiger partial charge < -0.3 is 10.2 Å². The number of hydrogen-bond donors (Lipinski definition) is 1. The zero-order valence-electron chi connectivity index (χ0n) is 10.6. The van der Waals surface area contributed by atoms with Gasteiger partial charge in [-0.2, -0.15) is 0 Å². The summed E-state index contributed by atoms with van der Waals surface area (Å²) in [5.41, 5.74) is 3.04. The number of aromatic nitrogens is 1. The molecule has 16 heavy (non-hydrogen) atoms. The predicted octanol–water partition coefficient (Wildman–Crippen LogP) is 2.35. The van der Waals surface area contributed by atoms with Crippen molar-refractivity contribution in [3.63, 3.8) is 0 Å². The summed E-state index contributed by atoms with van der Waals surface area (Å²) in [6.45, 7) is 7.66. The molecule has 0 bridgehead atoms. The third-order valence-electron chi connectivity index (χ3n) is 2.79. The van der Waals surface area contributed by atoms with E-state index < -0.39 is 0 Å². The smallest absolute Gasteiger partial charge is 0.0795 e. The molecule has 1 heterocycles. The zero-order valence-corrected chi connectivity index (χ0v) is 11.4. The van der Waals surface area contributed by atoms with Crippen molar-refractivity contribution >= 4 is 11.3 Å². The number of hydrogen-bond acceptors (Lipinski definition) is 4. The van der Waals surface area contributed by atoms with Crippen LogP contribution in [0.15, 0.2) is 10.9 Å². The van der Waals surface area contributed by atoms with Gasteiger partial charge in [-0.3, -0.25) is 0 Å². The maximum absolute atomic E-state index is 4.23. The summed E-state index contributed by atoms with van der Waals surface area (Å²) in [4.78, 5) is 6.62. The lowest BCUT2D eigenvalue weighted by atomic mass is 10.2. The molecule has 0 aliphatic carbocycles. The van der Waals surface area contributed by atoms with Crippen LogP contribution in [0, 0.1) is 0 Å². The molecule has 0 saturated heterocycles. The lowest BCUT2D eigenvalue weighted by Crippen LogP contribution is -2.27. The Morgan fingerprint density at radius 2 is 2.25 bits per heavy atom. The van der Waals surface area contributed by atoms with E-state index in [1.165, 1.54) is 19.4 Å². The minimum absolute atomic E-state index is 0.656. The molecule has 0 spiro atoms. The quantitative estimate of drug-likeness (QED) is 0.708. The summed E-state index contributed by atoms with van der Waals surface area (Å²) in [6, 6.07) is 0.656. The third kappa shape index (κ3) is 5.58. The monoisotopic (exact) mass is 241 g/mol. The van der Waals surface area contributed by atoms with Crippen molar-refractivity contribution in [3.8, 4) is 0 Å². The molecule has 3 nitrogen and oxygen atoms in total. The van der Waals surface area contributed by atoms with E-state index in [9.17, 15) is 0 Å². The first-order chi connectivity index (χ1) is 7.70. The van der Waals surface area contributed by atoms with Gasteiger partial charge in [-0.1, -0.05) is 0 Å². The van der Waals surface area contributed by atoms with Gasteiger partial charge in [0.2, 0.25) is 0 Å². The molecule has 92 valence electrons. The van der Waals surface area contributed by atoms with Gasteiger partial charge in [-0.25, -0.2) is 4.98 Å². The zero-order chi connectivity index (χ0) is 11.8. The Morgan fingerprint density at radius 3 is 2.88 bits per heavy atom. The van der Waals surface area contributed by atoms with E-state index in [0.29, 0.717) is 6.04 Å². The number of rotatable bonds is 8. The number of thiazole rings is 1. The molecule has 0 unspecified atom stereocenters. The second kappa shape index (κ2) is 7.76. The Kier molecular flexibility index (Phi) is 6.61. The molecular weight excluding hydrogens is 218 g/mol. The van der Waals surface area contributed by atoms with Gasteiger partial charge in [0, 0.05) is 18.0 Å². The maximum atomic E-state index is 4.23. The van der Waals surface area contributed by atoms with Crippen LogP contribution in [0.25, 0.3) is 0 Å². The van der Waals surface area contributed by atoms with Crippen molar-refractivity contribution in [1.82, 2.24) is 15.2 Å². The molecule has 0 saturated carbocycles. The van der Waals surface area contributed by atoms with E-state index in [4.69, 9.17) is 0 Å². The van der Waals surface area contributed by atoms with Crippen molar-refractivity contribution in [2.75, 3.05) is 20.1 Å². The van der Waals surface area contributed by atoms with Gasteiger partial charge in [0.15, 0.2) is 0 Å². The van der Waals surface area contributed by atoms with Gasteiger partial charge in [-0.15, -0.1) is 11.3 Å². The highest BCUT2D eigenvalue weighted by Crippen LogP contribution is 2.00. The molecule has 0 aliphatic rings. The van der Waals surface area contributed by atoms with E-state index in [0.717, 1.165) is 18.8 Å². The van der Waals surface area contributed by atoms with Crippen LogP contribution in [0.3, 0.4) is 0 Å². The van der Waals surface area contributed by atoms with Crippen molar-refractivity contribution in [3.05, 3.63) is 16.6 Å². The Labute approximate surface area is 103 Å². The second-order valence-electron chi connectivity index (χ2n) is 4.44. The van der Waals surface area contributed by atoms with Crippen LogP contribution >= 0.6 is 11.3 Å². The van der Waals surface area contributed by atoms with Crippen LogP contribution in [0.1, 0.15) is 32.4 Å². The van der Waals surface area contributed by atoms with E-state index in [2.05, 4.69) is 41.5 Å². The topological polar surface area (TPSA) is 28.2 Å². The molecule has 1 aromatic rings. The van der Waals surface area contributed by atoms with Crippen LogP contribution in [0.4, 0.5) is 0 Å². The fraction of sp³-hybridized carbons (Fsp3) is 0.750. The number of unbranched alkanes of at least 4 members (excludes halogenated alkanes) is 1. The van der Waals surface area contributed by atoms with E-state index >= 15 is 0 Å². The first kappa shape index (κ1) is 13.6.